The van der Waals surface area contributed by atoms with Gasteiger partial charge in [-0.1, -0.05) is 19.1 Å². The Labute approximate surface area is 111 Å². The van der Waals surface area contributed by atoms with Crippen LogP contribution >= 0.6 is 0 Å². The summed E-state index contributed by atoms with van der Waals surface area (Å²) in [7, 11) is 0. The average molecular weight is 257 g/mol. The van der Waals surface area contributed by atoms with E-state index in [2.05, 4.69) is 22.5 Å². The molecule has 1 aliphatic heterocycles. The van der Waals surface area contributed by atoms with Crippen molar-refractivity contribution in [3.63, 3.8) is 0 Å². The molecule has 0 unspecified atom stereocenters. The van der Waals surface area contributed by atoms with Gasteiger partial charge in [0, 0.05) is 18.7 Å². The molecule has 2 heterocycles. The standard InChI is InChI=1S/C15H16FN3/c1-10(11-4-2-5-12(16)8-11)14-9-18-13-6-3-7-17-15(13)19-14/h2-8,10,14,18H,9H2,1H3,(H,17,19)/t10-,14-/m1/s1. The molecule has 0 saturated carbocycles. The lowest BCUT2D eigenvalue weighted by molar-refractivity contribution is 0.595. The van der Waals surface area contributed by atoms with Crippen LogP contribution in [0.5, 0.6) is 0 Å². The van der Waals surface area contributed by atoms with E-state index in [-0.39, 0.29) is 17.8 Å². The second-order valence-corrected chi connectivity index (χ2v) is 4.87. The Balaban J connectivity index is 1.81. The van der Waals surface area contributed by atoms with Gasteiger partial charge in [-0.25, -0.2) is 9.37 Å². The topological polar surface area (TPSA) is 37.0 Å². The molecular weight excluding hydrogens is 241 g/mol. The van der Waals surface area contributed by atoms with Crippen molar-refractivity contribution < 1.29 is 4.39 Å². The molecule has 0 saturated heterocycles. The van der Waals surface area contributed by atoms with Crippen molar-refractivity contribution in [1.29, 1.82) is 0 Å². The molecule has 1 aromatic carbocycles. The lowest BCUT2D eigenvalue weighted by atomic mass is 9.92. The van der Waals surface area contributed by atoms with E-state index in [0.29, 0.717) is 0 Å². The Morgan fingerprint density at radius 3 is 3.05 bits per heavy atom. The Hall–Kier alpha value is -2.10. The van der Waals surface area contributed by atoms with E-state index in [1.807, 2.05) is 18.2 Å². The maximum absolute atomic E-state index is 13.3. The van der Waals surface area contributed by atoms with Crippen molar-refractivity contribution in [1.82, 2.24) is 4.98 Å². The van der Waals surface area contributed by atoms with Gasteiger partial charge in [-0.2, -0.15) is 0 Å². The van der Waals surface area contributed by atoms with Crippen LogP contribution in [-0.2, 0) is 0 Å². The van der Waals surface area contributed by atoms with Crippen molar-refractivity contribution >= 4 is 11.5 Å². The van der Waals surface area contributed by atoms with Gasteiger partial charge in [0.15, 0.2) is 0 Å². The van der Waals surface area contributed by atoms with Gasteiger partial charge in [-0.3, -0.25) is 0 Å². The first kappa shape index (κ1) is 12.0. The minimum Gasteiger partial charge on any atom is -0.380 e. The molecule has 1 aromatic heterocycles. The van der Waals surface area contributed by atoms with Crippen LogP contribution in [0.25, 0.3) is 0 Å². The molecule has 0 fully saturated rings. The highest BCUT2D eigenvalue weighted by Gasteiger charge is 2.24. The Bertz CT molecular complexity index is 585. The Kier molecular flexibility index (Phi) is 3.07. The molecule has 0 bridgehead atoms. The molecule has 2 atom stereocenters. The third kappa shape index (κ3) is 2.38. The van der Waals surface area contributed by atoms with Crippen LogP contribution in [0.1, 0.15) is 18.4 Å². The predicted molar refractivity (Wildman–Crippen MR) is 75.0 cm³/mol. The van der Waals surface area contributed by atoms with Gasteiger partial charge in [0.25, 0.3) is 0 Å². The second-order valence-electron chi connectivity index (χ2n) is 4.87. The first-order valence-corrected chi connectivity index (χ1v) is 6.45. The number of hydrogen-bond donors (Lipinski definition) is 2. The fraction of sp³-hybridized carbons (Fsp3) is 0.267. The van der Waals surface area contributed by atoms with Gasteiger partial charge in [0.1, 0.15) is 11.6 Å². The summed E-state index contributed by atoms with van der Waals surface area (Å²) in [6, 6.07) is 10.9. The molecule has 0 aliphatic carbocycles. The monoisotopic (exact) mass is 257 g/mol. The first-order valence-electron chi connectivity index (χ1n) is 6.45. The zero-order valence-electron chi connectivity index (χ0n) is 10.7. The van der Waals surface area contributed by atoms with Crippen molar-refractivity contribution in [2.45, 2.75) is 18.9 Å². The van der Waals surface area contributed by atoms with Gasteiger partial charge >= 0.3 is 0 Å². The summed E-state index contributed by atoms with van der Waals surface area (Å²) in [5.41, 5.74) is 2.02. The molecule has 3 rings (SSSR count). The number of halogens is 1. The summed E-state index contributed by atoms with van der Waals surface area (Å²) in [5, 5.41) is 6.78. The highest BCUT2D eigenvalue weighted by atomic mass is 19.1. The molecular formula is C15H16FN3. The molecule has 19 heavy (non-hydrogen) atoms. The fourth-order valence-electron chi connectivity index (χ4n) is 2.43. The second kappa shape index (κ2) is 4.88. The van der Waals surface area contributed by atoms with Crippen LogP contribution in [0, 0.1) is 5.82 Å². The zero-order chi connectivity index (χ0) is 13.2. The SMILES string of the molecule is C[C@H](c1cccc(F)c1)[C@H]1CNc2cccnc2N1. The van der Waals surface area contributed by atoms with Gasteiger partial charge in [-0.05, 0) is 29.8 Å². The largest absolute Gasteiger partial charge is 0.380 e. The van der Waals surface area contributed by atoms with Crippen molar-refractivity contribution in [2.75, 3.05) is 17.2 Å². The van der Waals surface area contributed by atoms with Crippen molar-refractivity contribution in [3.05, 3.63) is 54.0 Å². The summed E-state index contributed by atoms with van der Waals surface area (Å²) < 4.78 is 13.3. The predicted octanol–water partition coefficient (Wildman–Crippen LogP) is 3.23. The maximum atomic E-state index is 13.3. The highest BCUT2D eigenvalue weighted by molar-refractivity contribution is 5.67. The number of pyridine rings is 1. The van der Waals surface area contributed by atoms with Gasteiger partial charge in [0.2, 0.25) is 0 Å². The van der Waals surface area contributed by atoms with Crippen molar-refractivity contribution in [3.8, 4) is 0 Å². The van der Waals surface area contributed by atoms with E-state index in [1.54, 1.807) is 18.3 Å². The van der Waals surface area contributed by atoms with Gasteiger partial charge in [0.05, 0.1) is 11.7 Å². The average Bonchev–Trinajstić information content (AvgIpc) is 2.46. The van der Waals surface area contributed by atoms with Crippen LogP contribution in [-0.4, -0.2) is 17.6 Å². The third-order valence-corrected chi connectivity index (χ3v) is 3.62. The summed E-state index contributed by atoms with van der Waals surface area (Å²) in [4.78, 5) is 4.32. The third-order valence-electron chi connectivity index (χ3n) is 3.62. The maximum Gasteiger partial charge on any atom is 0.149 e. The van der Waals surface area contributed by atoms with Gasteiger partial charge in [-0.15, -0.1) is 0 Å². The van der Waals surface area contributed by atoms with Crippen LogP contribution in [0.15, 0.2) is 42.6 Å². The molecule has 4 heteroatoms. The number of aromatic nitrogens is 1. The van der Waals surface area contributed by atoms with Crippen LogP contribution in [0.2, 0.25) is 0 Å². The molecule has 3 nitrogen and oxygen atoms in total. The van der Waals surface area contributed by atoms with E-state index in [9.17, 15) is 4.39 Å². The molecule has 0 radical (unpaired) electrons. The molecule has 0 amide bonds. The van der Waals surface area contributed by atoms with Crippen LogP contribution < -0.4 is 10.6 Å². The summed E-state index contributed by atoms with van der Waals surface area (Å²) in [6.45, 7) is 2.90. The lowest BCUT2D eigenvalue weighted by Crippen LogP contribution is -2.37. The normalized spacial score (nSPS) is 18.9. The minimum atomic E-state index is -0.188. The fourth-order valence-corrected chi connectivity index (χ4v) is 2.43. The minimum absolute atomic E-state index is 0.188. The van der Waals surface area contributed by atoms with E-state index in [4.69, 9.17) is 0 Å². The molecule has 2 aromatic rings. The zero-order valence-corrected chi connectivity index (χ0v) is 10.7. The number of hydrogen-bond acceptors (Lipinski definition) is 3. The molecule has 1 aliphatic rings. The van der Waals surface area contributed by atoms with E-state index in [1.165, 1.54) is 6.07 Å². The number of fused-ring (bicyclic) bond motifs is 1. The van der Waals surface area contributed by atoms with E-state index in [0.717, 1.165) is 23.6 Å². The lowest BCUT2D eigenvalue weighted by Gasteiger charge is -2.31. The smallest absolute Gasteiger partial charge is 0.149 e. The summed E-state index contributed by atoms with van der Waals surface area (Å²) >= 11 is 0. The number of nitrogens with zero attached hydrogens (tertiary/aromatic N) is 1. The Morgan fingerprint density at radius 2 is 2.21 bits per heavy atom. The molecule has 2 N–H and O–H groups in total. The van der Waals surface area contributed by atoms with Crippen LogP contribution in [0.3, 0.4) is 0 Å². The van der Waals surface area contributed by atoms with Gasteiger partial charge < -0.3 is 10.6 Å². The molecule has 98 valence electrons. The van der Waals surface area contributed by atoms with E-state index >= 15 is 0 Å². The molecule has 0 spiro atoms. The van der Waals surface area contributed by atoms with E-state index < -0.39 is 0 Å². The highest BCUT2D eigenvalue weighted by Crippen LogP contribution is 2.29. The number of rotatable bonds is 2. The Morgan fingerprint density at radius 1 is 1.32 bits per heavy atom. The number of nitrogens with one attached hydrogen (secondary N) is 2. The quantitative estimate of drug-likeness (QED) is 0.867. The number of anilines is 2. The number of benzene rings is 1. The summed E-state index contributed by atoms with van der Waals surface area (Å²) in [6.07, 6.45) is 1.77. The van der Waals surface area contributed by atoms with Crippen LogP contribution in [0.4, 0.5) is 15.9 Å². The summed E-state index contributed by atoms with van der Waals surface area (Å²) in [5.74, 6) is 0.881. The first-order chi connectivity index (χ1) is 9.24. The van der Waals surface area contributed by atoms with Crippen molar-refractivity contribution in [2.24, 2.45) is 0 Å².